The summed E-state index contributed by atoms with van der Waals surface area (Å²) < 4.78 is 58.7. The fraction of sp³-hybridized carbons (Fsp3) is 0.214. The summed E-state index contributed by atoms with van der Waals surface area (Å²) in [4.78, 5) is 3.35. The fourth-order valence-electron chi connectivity index (χ4n) is 2.10. The summed E-state index contributed by atoms with van der Waals surface area (Å²) in [6.07, 6.45) is 1.16. The van der Waals surface area contributed by atoms with Gasteiger partial charge in [0, 0.05) is 6.20 Å². The Morgan fingerprint density at radius 2 is 2.00 bits per heavy atom. The molecule has 0 atom stereocenters. The van der Waals surface area contributed by atoms with Crippen molar-refractivity contribution in [2.75, 3.05) is 13.1 Å². The van der Waals surface area contributed by atoms with E-state index in [2.05, 4.69) is 20.9 Å². The van der Waals surface area contributed by atoms with Crippen LogP contribution in [0.25, 0.3) is 0 Å². The molecule has 9 heteroatoms. The van der Waals surface area contributed by atoms with Gasteiger partial charge in [-0.25, -0.2) is 22.2 Å². The Morgan fingerprint density at radius 3 is 2.70 bits per heavy atom. The third-order valence-electron chi connectivity index (χ3n) is 3.33. The van der Waals surface area contributed by atoms with Crippen LogP contribution in [0.15, 0.2) is 45.9 Å². The van der Waals surface area contributed by atoms with Gasteiger partial charge in [0.1, 0.15) is 22.6 Å². The third-order valence-corrected chi connectivity index (χ3v) is 5.78. The van der Waals surface area contributed by atoms with E-state index >= 15 is 0 Å². The van der Waals surface area contributed by atoms with E-state index in [9.17, 15) is 17.2 Å². The van der Waals surface area contributed by atoms with Crippen LogP contribution in [0.2, 0.25) is 0 Å². The Labute approximate surface area is 140 Å². The largest absolute Gasteiger partial charge is 0.471 e. The molecule has 5 nitrogen and oxygen atoms in total. The molecule has 3 rings (SSSR count). The normalized spacial score (nSPS) is 16.1. The van der Waals surface area contributed by atoms with Gasteiger partial charge in [-0.2, -0.15) is 4.31 Å². The Bertz CT molecular complexity index is 842. The van der Waals surface area contributed by atoms with Crippen LogP contribution in [0.3, 0.4) is 0 Å². The van der Waals surface area contributed by atoms with Gasteiger partial charge in [0.15, 0.2) is 0 Å². The number of aromatic nitrogens is 1. The first kappa shape index (κ1) is 16.3. The van der Waals surface area contributed by atoms with Crippen molar-refractivity contribution in [1.29, 1.82) is 0 Å². The molecule has 23 heavy (non-hydrogen) atoms. The van der Waals surface area contributed by atoms with Gasteiger partial charge in [-0.3, -0.25) is 0 Å². The summed E-state index contributed by atoms with van der Waals surface area (Å²) in [5.41, 5.74) is 0. The number of benzene rings is 1. The van der Waals surface area contributed by atoms with E-state index in [1.807, 2.05) is 0 Å². The fourth-order valence-corrected chi connectivity index (χ4v) is 4.03. The van der Waals surface area contributed by atoms with Gasteiger partial charge in [0.2, 0.25) is 15.9 Å². The smallest absolute Gasteiger partial charge is 0.246 e. The number of sulfonamides is 1. The number of hydrogen-bond acceptors (Lipinski definition) is 4. The van der Waals surface area contributed by atoms with Crippen LogP contribution >= 0.6 is 15.9 Å². The predicted molar refractivity (Wildman–Crippen MR) is 81.5 cm³/mol. The van der Waals surface area contributed by atoms with Crippen LogP contribution in [0.1, 0.15) is 0 Å². The van der Waals surface area contributed by atoms with Gasteiger partial charge in [-0.15, -0.1) is 0 Å². The average Bonchev–Trinajstić information content (AvgIpc) is 2.46. The summed E-state index contributed by atoms with van der Waals surface area (Å²) in [7, 11) is -4.08. The quantitative estimate of drug-likeness (QED) is 0.785. The van der Waals surface area contributed by atoms with Crippen molar-refractivity contribution in [3.63, 3.8) is 0 Å². The maximum absolute atomic E-state index is 13.7. The maximum atomic E-state index is 13.7. The van der Waals surface area contributed by atoms with Gasteiger partial charge in [-0.05, 0) is 46.3 Å². The van der Waals surface area contributed by atoms with E-state index in [4.69, 9.17) is 4.74 Å². The zero-order valence-electron chi connectivity index (χ0n) is 11.6. The lowest BCUT2D eigenvalue weighted by Gasteiger charge is -2.37. The molecule has 1 saturated heterocycles. The first-order chi connectivity index (χ1) is 10.9. The highest BCUT2D eigenvalue weighted by Crippen LogP contribution is 2.28. The predicted octanol–water partition coefficient (Wildman–Crippen LogP) is 2.57. The van der Waals surface area contributed by atoms with Crippen LogP contribution < -0.4 is 4.74 Å². The highest BCUT2D eigenvalue weighted by atomic mass is 79.9. The summed E-state index contributed by atoms with van der Waals surface area (Å²) >= 11 is 3.28. The summed E-state index contributed by atoms with van der Waals surface area (Å²) in [5, 5.41) is 0. The van der Waals surface area contributed by atoms with Gasteiger partial charge < -0.3 is 4.74 Å². The first-order valence-corrected chi connectivity index (χ1v) is 8.83. The van der Waals surface area contributed by atoms with Crippen molar-refractivity contribution in [3.8, 4) is 5.88 Å². The van der Waals surface area contributed by atoms with Crippen molar-refractivity contribution < 1.29 is 21.9 Å². The van der Waals surface area contributed by atoms with Gasteiger partial charge >= 0.3 is 0 Å². The maximum Gasteiger partial charge on any atom is 0.246 e. The van der Waals surface area contributed by atoms with Gasteiger partial charge in [-0.1, -0.05) is 0 Å². The van der Waals surface area contributed by atoms with Crippen molar-refractivity contribution >= 4 is 26.0 Å². The number of nitrogens with zero attached hydrogens (tertiary/aromatic N) is 2. The molecule has 0 spiro atoms. The summed E-state index contributed by atoms with van der Waals surface area (Å²) in [6.45, 7) is 0.0859. The Morgan fingerprint density at radius 1 is 1.26 bits per heavy atom. The van der Waals surface area contributed by atoms with Crippen molar-refractivity contribution in [3.05, 3.63) is 52.6 Å². The lowest BCUT2D eigenvalue weighted by atomic mass is 10.2. The van der Waals surface area contributed by atoms with Crippen molar-refractivity contribution in [1.82, 2.24) is 9.29 Å². The lowest BCUT2D eigenvalue weighted by Crippen LogP contribution is -2.56. The molecule has 0 aliphatic carbocycles. The molecule has 0 saturated carbocycles. The van der Waals surface area contributed by atoms with Crippen LogP contribution in [0, 0.1) is 11.6 Å². The molecule has 0 radical (unpaired) electrons. The number of hydrogen-bond donors (Lipinski definition) is 0. The van der Waals surface area contributed by atoms with Crippen LogP contribution in [-0.4, -0.2) is 36.9 Å². The topological polar surface area (TPSA) is 59.5 Å². The molecule has 1 aromatic carbocycles. The van der Waals surface area contributed by atoms with E-state index < -0.39 is 32.7 Å². The minimum absolute atomic E-state index is 0.0430. The molecular formula is C14H11BrF2N2O3S. The molecule has 0 N–H and O–H groups in total. The van der Waals surface area contributed by atoms with E-state index in [-0.39, 0.29) is 13.1 Å². The monoisotopic (exact) mass is 404 g/mol. The number of halogens is 3. The second-order valence-electron chi connectivity index (χ2n) is 4.93. The number of rotatable bonds is 4. The van der Waals surface area contributed by atoms with Crippen molar-refractivity contribution in [2.24, 2.45) is 0 Å². The third kappa shape index (κ3) is 3.22. The highest BCUT2D eigenvalue weighted by Gasteiger charge is 2.39. The molecule has 1 aliphatic rings. The van der Waals surface area contributed by atoms with Crippen molar-refractivity contribution in [2.45, 2.75) is 11.0 Å². The standard InChI is InChI=1S/C14H11BrF2N2O3S/c15-11-2-1-5-18-14(11)22-10-7-19(8-10)23(20,21)13-6-9(16)3-4-12(13)17/h1-6,10H,7-8H2. The molecule has 2 aromatic rings. The second kappa shape index (κ2) is 6.14. The van der Waals surface area contributed by atoms with Crippen LogP contribution in [0.4, 0.5) is 8.78 Å². The lowest BCUT2D eigenvalue weighted by molar-refractivity contribution is 0.0712. The van der Waals surface area contributed by atoms with Gasteiger partial charge in [0.25, 0.3) is 0 Å². The van der Waals surface area contributed by atoms with Gasteiger partial charge in [0.05, 0.1) is 17.6 Å². The Balaban J connectivity index is 1.71. The van der Waals surface area contributed by atoms with Crippen LogP contribution in [0.5, 0.6) is 5.88 Å². The molecular weight excluding hydrogens is 394 g/mol. The Kier molecular flexibility index (Phi) is 4.35. The molecule has 2 heterocycles. The molecule has 1 fully saturated rings. The minimum atomic E-state index is -4.08. The molecule has 0 bridgehead atoms. The zero-order chi connectivity index (χ0) is 16.6. The van der Waals surface area contributed by atoms with E-state index in [1.165, 1.54) is 0 Å². The van der Waals surface area contributed by atoms with E-state index in [0.29, 0.717) is 16.4 Å². The van der Waals surface area contributed by atoms with Crippen LogP contribution in [-0.2, 0) is 10.0 Å². The molecule has 0 unspecified atom stereocenters. The molecule has 1 aliphatic heterocycles. The van der Waals surface area contributed by atoms with E-state index in [1.54, 1.807) is 18.3 Å². The second-order valence-corrected chi connectivity index (χ2v) is 7.69. The average molecular weight is 405 g/mol. The van der Waals surface area contributed by atoms with E-state index in [0.717, 1.165) is 16.4 Å². The number of ether oxygens (including phenoxy) is 1. The summed E-state index contributed by atoms with van der Waals surface area (Å²) in [6, 6.07) is 5.81. The Hall–Kier alpha value is -1.58. The molecule has 1 aromatic heterocycles. The summed E-state index contributed by atoms with van der Waals surface area (Å²) in [5.74, 6) is -1.44. The highest BCUT2D eigenvalue weighted by molar-refractivity contribution is 9.10. The molecule has 0 amide bonds. The number of pyridine rings is 1. The zero-order valence-corrected chi connectivity index (χ0v) is 14.0. The minimum Gasteiger partial charge on any atom is -0.471 e. The SMILES string of the molecule is O=S(=O)(c1cc(F)ccc1F)N1CC(Oc2ncccc2Br)C1. The molecule has 122 valence electrons. The first-order valence-electron chi connectivity index (χ1n) is 6.60.